The highest BCUT2D eigenvalue weighted by molar-refractivity contribution is 6.74. The fraction of sp³-hybridized carbons (Fsp3) is 0.808. The topological polar surface area (TPSA) is 76.0 Å². The molecular formula is C26H44O5Si. The van der Waals surface area contributed by atoms with Crippen molar-refractivity contribution in [3.63, 3.8) is 0 Å². The summed E-state index contributed by atoms with van der Waals surface area (Å²) in [4.78, 5) is 12.6. The van der Waals surface area contributed by atoms with Crippen molar-refractivity contribution in [2.45, 2.75) is 97.1 Å². The van der Waals surface area contributed by atoms with Crippen LogP contribution in [0.3, 0.4) is 0 Å². The first-order valence-electron chi connectivity index (χ1n) is 12.2. The van der Waals surface area contributed by atoms with E-state index in [-0.39, 0.29) is 47.6 Å². The Balaban J connectivity index is 1.86. The first-order chi connectivity index (χ1) is 14.7. The Morgan fingerprint density at radius 3 is 2.53 bits per heavy atom. The van der Waals surface area contributed by atoms with E-state index >= 15 is 0 Å². The number of fused-ring (bicyclic) bond motifs is 1. The van der Waals surface area contributed by atoms with Gasteiger partial charge in [-0.05, 0) is 67.5 Å². The van der Waals surface area contributed by atoms with E-state index in [2.05, 4.69) is 47.4 Å². The van der Waals surface area contributed by atoms with E-state index in [1.54, 1.807) is 0 Å². The second-order valence-corrected chi connectivity index (χ2v) is 17.1. The van der Waals surface area contributed by atoms with Crippen molar-refractivity contribution < 1.29 is 24.2 Å². The molecule has 3 fully saturated rings. The maximum atomic E-state index is 12.6. The number of cyclic esters (lactones) is 1. The molecule has 0 aromatic carbocycles. The molecule has 0 aromatic heterocycles. The standard InChI is InChI=1S/C26H44O5Si/c1-17-9-12-21-25(5,14-13-22(28)26(21,6)16-27)19(17)11-10-18-20(15-30-23(18)29)31-32(7,8)24(2,3)4/h10,19-22,27-28H,1,9,11-16H2,2-8H3/b18-10+/t19-,20+,21+,22-,25+,26+/m1/s1. The van der Waals surface area contributed by atoms with Crippen molar-refractivity contribution >= 4 is 14.3 Å². The van der Waals surface area contributed by atoms with Crippen LogP contribution in [-0.2, 0) is 14.0 Å². The molecule has 32 heavy (non-hydrogen) atoms. The van der Waals surface area contributed by atoms with E-state index in [0.29, 0.717) is 18.4 Å². The molecule has 2 saturated carbocycles. The Labute approximate surface area is 195 Å². The lowest BCUT2D eigenvalue weighted by Gasteiger charge is -2.59. The largest absolute Gasteiger partial charge is 0.459 e. The van der Waals surface area contributed by atoms with Gasteiger partial charge in [-0.15, -0.1) is 0 Å². The van der Waals surface area contributed by atoms with Gasteiger partial charge < -0.3 is 19.4 Å². The van der Waals surface area contributed by atoms with Gasteiger partial charge in [-0.25, -0.2) is 4.79 Å². The highest BCUT2D eigenvalue weighted by Gasteiger charge is 2.57. The summed E-state index contributed by atoms with van der Waals surface area (Å²) < 4.78 is 11.9. The Morgan fingerprint density at radius 2 is 1.94 bits per heavy atom. The minimum Gasteiger partial charge on any atom is -0.459 e. The third-order valence-corrected chi connectivity index (χ3v) is 13.9. The SMILES string of the molecule is C=C1CC[C@@H]2[C@](C)(CO)[C@H](O)CC[C@@]2(C)[C@@H]1C/C=C1/C(=O)OC[C@@H]1O[Si](C)(C)C(C)(C)C. The molecule has 0 aromatic rings. The highest BCUT2D eigenvalue weighted by atomic mass is 28.4. The molecule has 0 amide bonds. The van der Waals surface area contributed by atoms with Crippen molar-refractivity contribution in [1.82, 2.24) is 0 Å². The minimum absolute atomic E-state index is 0.0105. The molecular weight excluding hydrogens is 420 g/mol. The number of carbonyl (C=O) groups is 1. The number of ether oxygens (including phenoxy) is 1. The summed E-state index contributed by atoms with van der Waals surface area (Å²) in [5, 5.41) is 21.0. The molecule has 1 heterocycles. The Morgan fingerprint density at radius 1 is 1.28 bits per heavy atom. The number of allylic oxidation sites excluding steroid dienone is 2. The van der Waals surface area contributed by atoms with Gasteiger partial charge in [0, 0.05) is 5.41 Å². The predicted octanol–water partition coefficient (Wildman–Crippen LogP) is 4.99. The van der Waals surface area contributed by atoms with Crippen LogP contribution in [0.2, 0.25) is 18.1 Å². The van der Waals surface area contributed by atoms with Gasteiger partial charge in [-0.3, -0.25) is 0 Å². The van der Waals surface area contributed by atoms with Crippen molar-refractivity contribution in [3.8, 4) is 0 Å². The van der Waals surface area contributed by atoms with Crippen LogP contribution in [0.4, 0.5) is 0 Å². The minimum atomic E-state index is -2.04. The number of aliphatic hydroxyl groups excluding tert-OH is 2. The molecule has 3 rings (SSSR count). The van der Waals surface area contributed by atoms with Gasteiger partial charge in [0.25, 0.3) is 0 Å². The zero-order valence-corrected chi connectivity index (χ0v) is 22.2. The second-order valence-electron chi connectivity index (χ2n) is 12.4. The molecule has 6 heteroatoms. The van der Waals surface area contributed by atoms with E-state index in [9.17, 15) is 15.0 Å². The molecule has 182 valence electrons. The molecule has 1 aliphatic heterocycles. The lowest BCUT2D eigenvalue weighted by molar-refractivity contribution is -0.151. The lowest BCUT2D eigenvalue weighted by atomic mass is 9.46. The Bertz CT molecular complexity index is 782. The van der Waals surface area contributed by atoms with Crippen LogP contribution < -0.4 is 0 Å². The van der Waals surface area contributed by atoms with Gasteiger partial charge >= 0.3 is 5.97 Å². The summed E-state index contributed by atoms with van der Waals surface area (Å²) in [5.74, 6) is 0.151. The average molecular weight is 465 g/mol. The normalized spacial score (nSPS) is 39.8. The van der Waals surface area contributed by atoms with Crippen molar-refractivity contribution in [1.29, 1.82) is 0 Å². The van der Waals surface area contributed by atoms with Gasteiger partial charge in [-0.2, -0.15) is 0 Å². The summed E-state index contributed by atoms with van der Waals surface area (Å²) >= 11 is 0. The van der Waals surface area contributed by atoms with Crippen molar-refractivity contribution in [2.75, 3.05) is 13.2 Å². The zero-order valence-electron chi connectivity index (χ0n) is 21.2. The van der Waals surface area contributed by atoms with Crippen LogP contribution in [0.25, 0.3) is 0 Å². The number of rotatable bonds is 5. The van der Waals surface area contributed by atoms with Crippen molar-refractivity contribution in [2.24, 2.45) is 22.7 Å². The van der Waals surface area contributed by atoms with E-state index in [4.69, 9.17) is 9.16 Å². The second kappa shape index (κ2) is 8.68. The Hall–Kier alpha value is -0.953. The summed E-state index contributed by atoms with van der Waals surface area (Å²) in [6, 6.07) is 0. The van der Waals surface area contributed by atoms with Gasteiger partial charge in [0.05, 0.1) is 18.3 Å². The third-order valence-electron chi connectivity index (χ3n) is 9.46. The zero-order chi connectivity index (χ0) is 24.1. The quantitative estimate of drug-likeness (QED) is 0.259. The fourth-order valence-electron chi connectivity index (χ4n) is 6.18. The average Bonchev–Trinajstić information content (AvgIpc) is 3.02. The van der Waals surface area contributed by atoms with Crippen LogP contribution in [-0.4, -0.2) is 49.9 Å². The van der Waals surface area contributed by atoms with E-state index in [1.165, 1.54) is 5.57 Å². The fourth-order valence-corrected chi connectivity index (χ4v) is 7.44. The molecule has 0 bridgehead atoms. The smallest absolute Gasteiger partial charge is 0.336 e. The number of hydrogen-bond donors (Lipinski definition) is 2. The maximum Gasteiger partial charge on any atom is 0.336 e. The van der Waals surface area contributed by atoms with Crippen LogP contribution in [0.15, 0.2) is 23.8 Å². The van der Waals surface area contributed by atoms with Crippen LogP contribution in [0.5, 0.6) is 0 Å². The van der Waals surface area contributed by atoms with Crippen LogP contribution in [0, 0.1) is 22.7 Å². The van der Waals surface area contributed by atoms with Crippen LogP contribution in [0.1, 0.15) is 66.7 Å². The molecule has 1 saturated heterocycles. The van der Waals surface area contributed by atoms with Gasteiger partial charge in [-0.1, -0.05) is 52.8 Å². The molecule has 0 spiro atoms. The first kappa shape index (κ1) is 25.7. The number of esters is 1. The van der Waals surface area contributed by atoms with Gasteiger partial charge in [0.15, 0.2) is 8.32 Å². The number of aliphatic hydroxyl groups is 2. The molecule has 0 radical (unpaired) electrons. The molecule has 2 N–H and O–H groups in total. The number of carbonyl (C=O) groups excluding carboxylic acids is 1. The summed E-state index contributed by atoms with van der Waals surface area (Å²) in [6.07, 6.45) is 5.38. The molecule has 6 atom stereocenters. The maximum absolute atomic E-state index is 12.6. The summed E-state index contributed by atoms with van der Waals surface area (Å²) in [6.45, 7) is 20.0. The number of hydrogen-bond acceptors (Lipinski definition) is 5. The van der Waals surface area contributed by atoms with E-state index in [1.807, 2.05) is 13.0 Å². The summed E-state index contributed by atoms with van der Waals surface area (Å²) in [5.41, 5.74) is 1.29. The van der Waals surface area contributed by atoms with Crippen LogP contribution >= 0.6 is 0 Å². The van der Waals surface area contributed by atoms with Crippen molar-refractivity contribution in [3.05, 3.63) is 23.8 Å². The predicted molar refractivity (Wildman–Crippen MR) is 130 cm³/mol. The Kier molecular flexibility index (Phi) is 6.96. The summed E-state index contributed by atoms with van der Waals surface area (Å²) in [7, 11) is -2.04. The lowest BCUT2D eigenvalue weighted by Crippen LogP contribution is -2.57. The molecule has 3 aliphatic rings. The molecule has 5 nitrogen and oxygen atoms in total. The van der Waals surface area contributed by atoms with Gasteiger partial charge in [0.1, 0.15) is 12.7 Å². The highest BCUT2D eigenvalue weighted by Crippen LogP contribution is 2.61. The molecule has 2 aliphatic carbocycles. The first-order valence-corrected chi connectivity index (χ1v) is 15.1. The molecule has 0 unspecified atom stereocenters. The van der Waals surface area contributed by atoms with Gasteiger partial charge in [0.2, 0.25) is 0 Å². The monoisotopic (exact) mass is 464 g/mol. The van der Waals surface area contributed by atoms with E-state index < -0.39 is 19.8 Å². The van der Waals surface area contributed by atoms with E-state index in [0.717, 1.165) is 19.3 Å². The third kappa shape index (κ3) is 4.28.